The fraction of sp³-hybridized carbons (Fsp3) is 0.556. The summed E-state index contributed by atoms with van der Waals surface area (Å²) >= 11 is 5.96. The molecule has 1 aromatic rings. The molecule has 2 aliphatic rings. The summed E-state index contributed by atoms with van der Waals surface area (Å²) in [5.41, 5.74) is 0.689. The van der Waals surface area contributed by atoms with E-state index < -0.39 is 5.54 Å². The first kappa shape index (κ1) is 15.5. The largest absolute Gasteiger partial charge is 0.305 e. The van der Waals surface area contributed by atoms with E-state index in [4.69, 9.17) is 18.2 Å². The first-order valence-corrected chi connectivity index (χ1v) is 8.38. The van der Waals surface area contributed by atoms with E-state index in [1.165, 1.54) is 0 Å². The molecule has 116 valence electrons. The minimum absolute atomic E-state index is 0.396. The van der Waals surface area contributed by atoms with E-state index in [-0.39, 0.29) is 0 Å². The number of Topliss-reactive ketones (excluding diaryl/α,β-unsaturated/α-hetero) is 1. The summed E-state index contributed by atoms with van der Waals surface area (Å²) < 4.78 is 0. The molecular formula is C18H21ClN2O. The Balaban J connectivity index is 1.62. The van der Waals surface area contributed by atoms with Crippen LogP contribution in [0.4, 0.5) is 0 Å². The van der Waals surface area contributed by atoms with Crippen LogP contribution in [0.15, 0.2) is 24.3 Å². The molecule has 3 rings (SSSR count). The van der Waals surface area contributed by atoms with E-state index in [9.17, 15) is 4.79 Å². The molecule has 2 fully saturated rings. The number of hydrogen-bond acceptors (Lipinski definition) is 2. The highest BCUT2D eigenvalue weighted by Crippen LogP contribution is 2.38. The molecule has 1 saturated carbocycles. The first-order chi connectivity index (χ1) is 10.6. The van der Waals surface area contributed by atoms with Crippen LogP contribution in [-0.4, -0.2) is 30.3 Å². The van der Waals surface area contributed by atoms with Crippen molar-refractivity contribution in [3.63, 3.8) is 0 Å². The molecule has 1 atom stereocenters. The van der Waals surface area contributed by atoms with Gasteiger partial charge in [-0.3, -0.25) is 4.79 Å². The van der Waals surface area contributed by atoms with Gasteiger partial charge in [-0.1, -0.05) is 11.6 Å². The van der Waals surface area contributed by atoms with Crippen molar-refractivity contribution in [1.29, 1.82) is 0 Å². The maximum absolute atomic E-state index is 11.4. The summed E-state index contributed by atoms with van der Waals surface area (Å²) in [5, 5.41) is 0.715. The molecule has 0 bridgehead atoms. The molecule has 1 aliphatic heterocycles. The third kappa shape index (κ3) is 3.19. The normalized spacial score (nSPS) is 25.1. The van der Waals surface area contributed by atoms with E-state index in [1.807, 2.05) is 24.3 Å². The number of rotatable bonds is 3. The predicted octanol–water partition coefficient (Wildman–Crippen LogP) is 3.92. The van der Waals surface area contributed by atoms with Crippen molar-refractivity contribution in [2.45, 2.75) is 37.6 Å². The highest BCUT2D eigenvalue weighted by Gasteiger charge is 2.42. The van der Waals surface area contributed by atoms with Gasteiger partial charge in [0.25, 0.3) is 5.54 Å². The molecule has 0 N–H and O–H groups in total. The highest BCUT2D eigenvalue weighted by molar-refractivity contribution is 6.30. The molecule has 0 radical (unpaired) electrons. The van der Waals surface area contributed by atoms with Crippen molar-refractivity contribution in [2.24, 2.45) is 5.92 Å². The van der Waals surface area contributed by atoms with E-state index >= 15 is 0 Å². The molecule has 1 heterocycles. The van der Waals surface area contributed by atoms with Gasteiger partial charge < -0.3 is 9.74 Å². The van der Waals surface area contributed by atoms with Crippen LogP contribution < -0.4 is 0 Å². The van der Waals surface area contributed by atoms with Gasteiger partial charge in [0, 0.05) is 55.9 Å². The fourth-order valence-electron chi connectivity index (χ4n) is 3.74. The Morgan fingerprint density at radius 3 is 2.50 bits per heavy atom. The molecule has 4 heteroatoms. The summed E-state index contributed by atoms with van der Waals surface area (Å²) in [6.07, 6.45) is 4.27. The molecule has 1 aromatic carbocycles. The minimum Gasteiger partial charge on any atom is -0.305 e. The molecule has 1 aliphatic carbocycles. The van der Waals surface area contributed by atoms with Gasteiger partial charge in [0.1, 0.15) is 5.78 Å². The Morgan fingerprint density at radius 1 is 1.27 bits per heavy atom. The van der Waals surface area contributed by atoms with Crippen LogP contribution in [0.3, 0.4) is 0 Å². The van der Waals surface area contributed by atoms with E-state index in [0.717, 1.165) is 57.3 Å². The topological polar surface area (TPSA) is 24.7 Å². The maximum atomic E-state index is 11.4. The number of ketones is 1. The Labute approximate surface area is 137 Å². The molecule has 0 aromatic heterocycles. The summed E-state index contributed by atoms with van der Waals surface area (Å²) in [5.74, 6) is 0.946. The molecule has 22 heavy (non-hydrogen) atoms. The maximum Gasteiger partial charge on any atom is 0.260 e. The van der Waals surface area contributed by atoms with E-state index in [1.54, 1.807) is 0 Å². The smallest absolute Gasteiger partial charge is 0.260 e. The molecule has 3 nitrogen and oxygen atoms in total. The first-order valence-electron chi connectivity index (χ1n) is 8.00. The van der Waals surface area contributed by atoms with Crippen molar-refractivity contribution in [3.8, 4) is 0 Å². The van der Waals surface area contributed by atoms with Gasteiger partial charge in [0.2, 0.25) is 0 Å². The van der Waals surface area contributed by atoms with Crippen molar-refractivity contribution in [1.82, 2.24) is 4.90 Å². The lowest BCUT2D eigenvalue weighted by Crippen LogP contribution is -2.42. The van der Waals surface area contributed by atoms with Gasteiger partial charge in [0.15, 0.2) is 0 Å². The number of nitrogens with zero attached hydrogens (tertiary/aromatic N) is 2. The quantitative estimate of drug-likeness (QED) is 0.790. The van der Waals surface area contributed by atoms with E-state index in [2.05, 4.69) is 9.74 Å². The fourth-order valence-corrected chi connectivity index (χ4v) is 3.87. The molecular weight excluding hydrogens is 296 g/mol. The van der Waals surface area contributed by atoms with Crippen LogP contribution in [0.5, 0.6) is 0 Å². The summed E-state index contributed by atoms with van der Waals surface area (Å²) in [6, 6.07) is 7.73. The highest BCUT2D eigenvalue weighted by atomic mass is 35.5. The van der Waals surface area contributed by atoms with Gasteiger partial charge in [-0.05, 0) is 36.6 Å². The van der Waals surface area contributed by atoms with E-state index in [0.29, 0.717) is 16.7 Å². The Bertz CT molecular complexity index is 582. The van der Waals surface area contributed by atoms with Gasteiger partial charge >= 0.3 is 0 Å². The third-order valence-electron chi connectivity index (χ3n) is 5.14. The van der Waals surface area contributed by atoms with Crippen molar-refractivity contribution < 1.29 is 4.79 Å². The van der Waals surface area contributed by atoms with Gasteiger partial charge in [0.05, 0.1) is 0 Å². The standard InChI is InChI=1S/C18H21ClN2O/c1-20-18(15-3-5-16(19)6-4-15)8-10-21(11-9-18)13-14-2-7-17(22)12-14/h3-6,14H,2,7-13H2. The van der Waals surface area contributed by atoms with Gasteiger partial charge in [-0.25, -0.2) is 6.57 Å². The lowest BCUT2D eigenvalue weighted by Gasteiger charge is -2.35. The lowest BCUT2D eigenvalue weighted by molar-refractivity contribution is -0.117. The summed E-state index contributed by atoms with van der Waals surface area (Å²) in [7, 11) is 0. The van der Waals surface area contributed by atoms with Crippen LogP contribution in [0, 0.1) is 12.5 Å². The molecule has 1 saturated heterocycles. The zero-order valence-corrected chi connectivity index (χ0v) is 13.5. The summed E-state index contributed by atoms with van der Waals surface area (Å²) in [6.45, 7) is 10.6. The third-order valence-corrected chi connectivity index (χ3v) is 5.39. The number of carbonyl (C=O) groups is 1. The van der Waals surface area contributed by atoms with Crippen LogP contribution >= 0.6 is 11.6 Å². The average Bonchev–Trinajstić information content (AvgIpc) is 2.94. The second-order valence-electron chi connectivity index (χ2n) is 6.60. The van der Waals surface area contributed by atoms with Crippen molar-refractivity contribution in [2.75, 3.05) is 19.6 Å². The molecule has 0 spiro atoms. The van der Waals surface area contributed by atoms with Crippen LogP contribution in [0.25, 0.3) is 4.85 Å². The van der Waals surface area contributed by atoms with Crippen LogP contribution in [0.2, 0.25) is 5.02 Å². The second-order valence-corrected chi connectivity index (χ2v) is 7.03. The molecule has 0 amide bonds. The van der Waals surface area contributed by atoms with Crippen LogP contribution in [0.1, 0.15) is 37.7 Å². The zero-order valence-electron chi connectivity index (χ0n) is 12.7. The number of carbonyl (C=O) groups excluding carboxylic acids is 1. The monoisotopic (exact) mass is 316 g/mol. The Hall–Kier alpha value is -1.37. The predicted molar refractivity (Wildman–Crippen MR) is 87.8 cm³/mol. The molecule has 1 unspecified atom stereocenters. The number of benzene rings is 1. The number of halogens is 1. The SMILES string of the molecule is [C-]#[N+]C1(c2ccc(Cl)cc2)CCN(CC2CCC(=O)C2)CC1. The zero-order chi connectivity index (χ0) is 15.6. The second kappa shape index (κ2) is 6.40. The lowest BCUT2D eigenvalue weighted by atomic mass is 9.81. The summed E-state index contributed by atoms with van der Waals surface area (Å²) in [4.78, 5) is 17.8. The van der Waals surface area contributed by atoms with Crippen molar-refractivity contribution >= 4 is 17.4 Å². The number of hydrogen-bond donors (Lipinski definition) is 0. The Morgan fingerprint density at radius 2 is 1.95 bits per heavy atom. The average molecular weight is 317 g/mol. The number of likely N-dealkylation sites (tertiary alicyclic amines) is 1. The number of piperidine rings is 1. The minimum atomic E-state index is -0.396. The van der Waals surface area contributed by atoms with Crippen LogP contribution in [-0.2, 0) is 10.3 Å². The van der Waals surface area contributed by atoms with Gasteiger partial charge in [-0.2, -0.15) is 0 Å². The van der Waals surface area contributed by atoms with Crippen molar-refractivity contribution in [3.05, 3.63) is 46.3 Å². The van der Waals surface area contributed by atoms with Gasteiger partial charge in [-0.15, -0.1) is 0 Å². The Kier molecular flexibility index (Phi) is 4.52.